The molecule has 0 atom stereocenters. The molecule has 0 fully saturated rings. The fourth-order valence-electron chi connectivity index (χ4n) is 3.43. The average molecular weight is 496 g/mol. The monoisotopic (exact) mass is 494 g/mol. The molecule has 0 aliphatic rings. The lowest BCUT2D eigenvalue weighted by Gasteiger charge is -2.08. The Labute approximate surface area is 193 Å². The Morgan fingerprint density at radius 1 is 0.833 bits per heavy atom. The van der Waals surface area contributed by atoms with E-state index in [4.69, 9.17) is 16.6 Å². The zero-order chi connectivity index (χ0) is 19.8. The van der Waals surface area contributed by atoms with Crippen LogP contribution in [-0.2, 0) is 0 Å². The smallest absolute Gasteiger partial charge is 0.213 e. The molecule has 5 rings (SSSR count). The summed E-state index contributed by atoms with van der Waals surface area (Å²) in [7, 11) is 0. The number of thiazole rings is 1. The van der Waals surface area contributed by atoms with Gasteiger partial charge in [-0.1, -0.05) is 84.4 Å². The Bertz CT molecular complexity index is 1310. The van der Waals surface area contributed by atoms with Crippen molar-refractivity contribution in [2.24, 2.45) is 0 Å². The summed E-state index contributed by atoms with van der Waals surface area (Å²) in [6, 6.07) is 26.9. The number of carbonyl (C=O) groups is 1. The maximum absolute atomic E-state index is 13.3. The van der Waals surface area contributed by atoms with E-state index in [1.54, 1.807) is 0 Å². The highest BCUT2D eigenvalue weighted by Crippen LogP contribution is 2.35. The number of benzene rings is 3. The number of fused-ring (bicyclic) bond motifs is 1. The van der Waals surface area contributed by atoms with Gasteiger partial charge in [0.25, 0.3) is 0 Å². The molecule has 0 amide bonds. The van der Waals surface area contributed by atoms with E-state index in [9.17, 15) is 4.79 Å². The molecule has 148 valence electrons. The molecule has 0 aliphatic heterocycles. The first-order valence-electron chi connectivity index (χ1n) is 9.13. The first kappa shape index (κ1) is 20.5. The molecule has 0 N–H and O–H groups in total. The van der Waals surface area contributed by atoms with Crippen molar-refractivity contribution in [1.29, 1.82) is 0 Å². The van der Waals surface area contributed by atoms with E-state index in [0.29, 0.717) is 16.3 Å². The number of carbonyl (C=O) groups excluding carboxylic acids is 1. The van der Waals surface area contributed by atoms with Gasteiger partial charge < -0.3 is 0 Å². The third-order valence-corrected chi connectivity index (χ3v) is 5.88. The van der Waals surface area contributed by atoms with Gasteiger partial charge in [0.2, 0.25) is 5.78 Å². The molecule has 5 aromatic rings. The van der Waals surface area contributed by atoms with Crippen molar-refractivity contribution in [2.75, 3.05) is 0 Å². The van der Waals surface area contributed by atoms with Crippen LogP contribution in [0.3, 0.4) is 0 Å². The number of aromatic nitrogens is 2. The fraction of sp³-hybridized carbons (Fsp3) is 0. The van der Waals surface area contributed by atoms with Gasteiger partial charge >= 0.3 is 0 Å². The van der Waals surface area contributed by atoms with Crippen molar-refractivity contribution >= 4 is 50.7 Å². The molecular weight excluding hydrogens is 480 g/mol. The normalized spacial score (nSPS) is 10.7. The van der Waals surface area contributed by atoms with Crippen molar-refractivity contribution in [3.05, 3.63) is 107 Å². The first-order valence-corrected chi connectivity index (χ1v) is 10.4. The van der Waals surface area contributed by atoms with Crippen LogP contribution in [-0.4, -0.2) is 15.2 Å². The second kappa shape index (κ2) is 8.56. The van der Waals surface area contributed by atoms with E-state index >= 15 is 0 Å². The van der Waals surface area contributed by atoms with Gasteiger partial charge in [0.05, 0.1) is 11.4 Å². The summed E-state index contributed by atoms with van der Waals surface area (Å²) in [6.07, 6.45) is 0. The van der Waals surface area contributed by atoms with Gasteiger partial charge in [-0.05, 0) is 17.7 Å². The van der Waals surface area contributed by atoms with E-state index in [2.05, 4.69) is 9.78 Å². The van der Waals surface area contributed by atoms with Crippen molar-refractivity contribution in [1.82, 2.24) is 9.38 Å². The first-order chi connectivity index (χ1) is 14.2. The number of hydrogen-bond donors (Lipinski definition) is 0. The summed E-state index contributed by atoms with van der Waals surface area (Å²) in [5.74, 6) is -0.0811. The van der Waals surface area contributed by atoms with Gasteiger partial charge in [0.15, 0.2) is 4.96 Å². The maximum Gasteiger partial charge on any atom is 0.213 e. The van der Waals surface area contributed by atoms with Crippen LogP contribution < -0.4 is 0 Å². The quantitative estimate of drug-likeness (QED) is 0.247. The maximum atomic E-state index is 13.3. The highest BCUT2D eigenvalue weighted by molar-refractivity contribution is 8.93. The molecule has 6 heteroatoms. The third-order valence-electron chi connectivity index (χ3n) is 4.80. The molecule has 30 heavy (non-hydrogen) atoms. The van der Waals surface area contributed by atoms with Gasteiger partial charge in [0, 0.05) is 21.5 Å². The molecule has 2 aromatic heterocycles. The predicted octanol–water partition coefficient (Wildman–Crippen LogP) is 7.19. The lowest BCUT2D eigenvalue weighted by atomic mass is 10.0. The van der Waals surface area contributed by atoms with Crippen LogP contribution in [0.4, 0.5) is 0 Å². The molecule has 0 spiro atoms. The minimum Gasteiger partial charge on any atom is -0.287 e. The summed E-state index contributed by atoms with van der Waals surface area (Å²) < 4.78 is 2.07. The molecule has 0 saturated heterocycles. The Kier molecular flexibility index (Phi) is 5.86. The number of imidazole rings is 1. The number of rotatable bonds is 4. The van der Waals surface area contributed by atoms with Crippen molar-refractivity contribution in [3.63, 3.8) is 0 Å². The Morgan fingerprint density at radius 3 is 2.13 bits per heavy atom. The summed E-state index contributed by atoms with van der Waals surface area (Å²) >= 11 is 7.59. The van der Waals surface area contributed by atoms with Crippen LogP contribution in [0.2, 0.25) is 5.02 Å². The van der Waals surface area contributed by atoms with Crippen molar-refractivity contribution < 1.29 is 4.79 Å². The number of ketones is 1. The van der Waals surface area contributed by atoms with Crippen LogP contribution in [0.15, 0.2) is 90.3 Å². The molecule has 0 radical (unpaired) electrons. The van der Waals surface area contributed by atoms with Gasteiger partial charge in [-0.25, -0.2) is 4.98 Å². The zero-order valence-electron chi connectivity index (χ0n) is 15.7. The Hall–Kier alpha value is -2.73. The second-order valence-electron chi connectivity index (χ2n) is 6.62. The summed E-state index contributed by atoms with van der Waals surface area (Å²) in [5.41, 5.74) is 4.86. The Morgan fingerprint density at radius 2 is 1.47 bits per heavy atom. The Balaban J connectivity index is 0.00000218. The molecule has 0 saturated carbocycles. The summed E-state index contributed by atoms with van der Waals surface area (Å²) in [6.45, 7) is 0. The molecule has 0 unspecified atom stereocenters. The largest absolute Gasteiger partial charge is 0.287 e. The third kappa shape index (κ3) is 3.60. The number of hydrogen-bond acceptors (Lipinski definition) is 3. The number of halogens is 2. The lowest BCUT2D eigenvalue weighted by Crippen LogP contribution is -2.04. The second-order valence-corrected chi connectivity index (χ2v) is 7.89. The fourth-order valence-corrected chi connectivity index (χ4v) is 4.45. The number of nitrogens with zero attached hydrogens (tertiary/aromatic N) is 2. The SMILES string of the molecule is Br.O=C(c1ccccc1)c1nc2scc(-c3ccc(Cl)cc3)n2c1-c1ccccc1. The highest BCUT2D eigenvalue weighted by atomic mass is 79.9. The molecule has 0 aliphatic carbocycles. The van der Waals surface area contributed by atoms with Gasteiger partial charge in [-0.15, -0.1) is 28.3 Å². The van der Waals surface area contributed by atoms with Crippen LogP contribution in [0, 0.1) is 0 Å². The van der Waals surface area contributed by atoms with E-state index in [1.165, 1.54) is 11.3 Å². The van der Waals surface area contributed by atoms with Crippen molar-refractivity contribution in [2.45, 2.75) is 0 Å². The molecule has 0 bridgehead atoms. The summed E-state index contributed by atoms with van der Waals surface area (Å²) in [4.78, 5) is 18.8. The lowest BCUT2D eigenvalue weighted by molar-refractivity contribution is 0.103. The van der Waals surface area contributed by atoms with Gasteiger partial charge in [-0.3, -0.25) is 9.20 Å². The minimum atomic E-state index is -0.0811. The highest BCUT2D eigenvalue weighted by Gasteiger charge is 2.24. The van der Waals surface area contributed by atoms with E-state index < -0.39 is 0 Å². The zero-order valence-corrected chi connectivity index (χ0v) is 18.9. The van der Waals surface area contributed by atoms with Gasteiger partial charge in [0.1, 0.15) is 5.69 Å². The molecule has 3 aromatic carbocycles. The van der Waals surface area contributed by atoms with E-state index in [0.717, 1.165) is 27.5 Å². The van der Waals surface area contributed by atoms with Gasteiger partial charge in [-0.2, -0.15) is 0 Å². The van der Waals surface area contributed by atoms with E-state index in [-0.39, 0.29) is 22.8 Å². The van der Waals surface area contributed by atoms with E-state index in [1.807, 2.05) is 84.9 Å². The minimum absolute atomic E-state index is 0. The standard InChI is InChI=1S/C24H15ClN2OS.BrH/c25-19-13-11-16(12-14-19)20-15-29-24-26-21(23(28)18-9-5-2-6-10-18)22(27(20)24)17-7-3-1-4-8-17;/h1-15H;1H. The van der Waals surface area contributed by atoms with Crippen LogP contribution in [0.5, 0.6) is 0 Å². The van der Waals surface area contributed by atoms with Crippen molar-refractivity contribution in [3.8, 4) is 22.5 Å². The topological polar surface area (TPSA) is 34.4 Å². The molecule has 3 nitrogen and oxygen atoms in total. The molecular formula is C24H16BrClN2OS. The molecule has 2 heterocycles. The van der Waals surface area contributed by atoms with Crippen LogP contribution >= 0.6 is 39.9 Å². The van der Waals surface area contributed by atoms with Crippen LogP contribution in [0.1, 0.15) is 16.1 Å². The van der Waals surface area contributed by atoms with Crippen LogP contribution in [0.25, 0.3) is 27.5 Å². The predicted molar refractivity (Wildman–Crippen MR) is 129 cm³/mol. The summed E-state index contributed by atoms with van der Waals surface area (Å²) in [5, 5.41) is 2.75. The average Bonchev–Trinajstić information content (AvgIpc) is 3.34.